The fourth-order valence-corrected chi connectivity index (χ4v) is 3.89. The zero-order valence-electron chi connectivity index (χ0n) is 8.18. The molecule has 0 aromatic heterocycles. The lowest BCUT2D eigenvalue weighted by Crippen LogP contribution is -2.26. The van der Waals surface area contributed by atoms with E-state index in [2.05, 4.69) is 39.5 Å². The second kappa shape index (κ2) is 3.38. The van der Waals surface area contributed by atoms with Crippen molar-refractivity contribution in [3.05, 3.63) is 0 Å². The molecule has 0 amide bonds. The molecule has 0 radical (unpaired) electrons. The third-order valence-corrected chi connectivity index (χ3v) is 4.09. The van der Waals surface area contributed by atoms with Crippen LogP contribution in [0.3, 0.4) is 0 Å². The lowest BCUT2D eigenvalue weighted by molar-refractivity contribution is 0.201. The van der Waals surface area contributed by atoms with Crippen molar-refractivity contribution in [3.8, 4) is 0 Å². The fourth-order valence-electron chi connectivity index (χ4n) is 1.96. The Kier molecular flexibility index (Phi) is 2.90. The van der Waals surface area contributed by atoms with Crippen LogP contribution in [0.15, 0.2) is 0 Å². The van der Waals surface area contributed by atoms with Crippen molar-refractivity contribution in [3.63, 3.8) is 0 Å². The van der Waals surface area contributed by atoms with Crippen LogP contribution >= 0.6 is 11.8 Å². The van der Waals surface area contributed by atoms with E-state index in [1.54, 1.807) is 0 Å². The minimum Gasteiger partial charge on any atom is -0.161 e. The van der Waals surface area contributed by atoms with Gasteiger partial charge in [-0.15, -0.1) is 0 Å². The van der Waals surface area contributed by atoms with Gasteiger partial charge in [0.2, 0.25) is 0 Å². The molecule has 1 fully saturated rings. The largest absolute Gasteiger partial charge is 0.161 e. The van der Waals surface area contributed by atoms with E-state index in [1.165, 1.54) is 17.9 Å². The first-order valence-electron chi connectivity index (χ1n) is 4.63. The van der Waals surface area contributed by atoms with Gasteiger partial charge in [0.25, 0.3) is 0 Å². The molecule has 0 bridgehead atoms. The maximum atomic E-state index is 2.38. The number of hydrogen-bond acceptors (Lipinski definition) is 1. The van der Waals surface area contributed by atoms with Gasteiger partial charge in [0.15, 0.2) is 0 Å². The van der Waals surface area contributed by atoms with Gasteiger partial charge in [-0.1, -0.05) is 34.1 Å². The zero-order chi connectivity index (χ0) is 8.48. The van der Waals surface area contributed by atoms with Crippen molar-refractivity contribution in [2.45, 2.75) is 34.1 Å². The average molecular weight is 172 g/mol. The minimum absolute atomic E-state index is 0.532. The van der Waals surface area contributed by atoms with Gasteiger partial charge in [0.05, 0.1) is 0 Å². The highest BCUT2D eigenvalue weighted by Crippen LogP contribution is 2.42. The number of rotatable bonds is 1. The van der Waals surface area contributed by atoms with Gasteiger partial charge < -0.3 is 0 Å². The highest BCUT2D eigenvalue weighted by atomic mass is 32.2. The Bertz CT molecular complexity index is 123. The standard InChI is InChI=1S/C10H20S/c1-5-8-6-11-7-9(8)10(2,3)4/h8-9H,5-7H2,1-4H3/t8-,9?/m1/s1. The average Bonchev–Trinajstić information content (AvgIpc) is 2.31. The van der Waals surface area contributed by atoms with E-state index in [0.717, 1.165) is 11.8 Å². The van der Waals surface area contributed by atoms with Gasteiger partial charge >= 0.3 is 0 Å². The highest BCUT2D eigenvalue weighted by molar-refractivity contribution is 7.99. The maximum Gasteiger partial charge on any atom is -0.00311 e. The smallest absolute Gasteiger partial charge is 0.00311 e. The maximum absolute atomic E-state index is 2.38. The number of hydrogen-bond donors (Lipinski definition) is 0. The molecule has 1 aliphatic rings. The molecule has 0 aliphatic carbocycles. The van der Waals surface area contributed by atoms with Gasteiger partial charge in [0, 0.05) is 0 Å². The molecule has 1 rings (SSSR count). The van der Waals surface area contributed by atoms with E-state index >= 15 is 0 Å². The predicted molar refractivity (Wildman–Crippen MR) is 54.1 cm³/mol. The third kappa shape index (κ3) is 2.14. The zero-order valence-corrected chi connectivity index (χ0v) is 9.00. The summed E-state index contributed by atoms with van der Waals surface area (Å²) in [7, 11) is 0. The molecule has 11 heavy (non-hydrogen) atoms. The molecule has 1 heteroatoms. The van der Waals surface area contributed by atoms with Gasteiger partial charge in [-0.3, -0.25) is 0 Å². The molecule has 2 atom stereocenters. The highest BCUT2D eigenvalue weighted by Gasteiger charge is 2.34. The van der Waals surface area contributed by atoms with Crippen molar-refractivity contribution in [1.82, 2.24) is 0 Å². The summed E-state index contributed by atoms with van der Waals surface area (Å²) >= 11 is 2.14. The molecule has 1 heterocycles. The summed E-state index contributed by atoms with van der Waals surface area (Å²) in [6, 6.07) is 0. The van der Waals surface area contributed by atoms with Gasteiger partial charge in [-0.2, -0.15) is 11.8 Å². The first kappa shape index (κ1) is 9.44. The molecule has 0 N–H and O–H groups in total. The van der Waals surface area contributed by atoms with Gasteiger partial charge in [-0.05, 0) is 28.8 Å². The Morgan fingerprint density at radius 2 is 1.91 bits per heavy atom. The molecule has 1 unspecified atom stereocenters. The van der Waals surface area contributed by atoms with Crippen molar-refractivity contribution >= 4 is 11.8 Å². The summed E-state index contributed by atoms with van der Waals surface area (Å²) in [4.78, 5) is 0. The lowest BCUT2D eigenvalue weighted by Gasteiger charge is -2.31. The van der Waals surface area contributed by atoms with E-state index < -0.39 is 0 Å². The van der Waals surface area contributed by atoms with Crippen LogP contribution in [0.5, 0.6) is 0 Å². The molecule has 0 aromatic rings. The second-order valence-electron chi connectivity index (χ2n) is 4.68. The van der Waals surface area contributed by atoms with Gasteiger partial charge in [-0.25, -0.2) is 0 Å². The Balaban J connectivity index is 2.57. The second-order valence-corrected chi connectivity index (χ2v) is 5.75. The van der Waals surface area contributed by atoms with Crippen LogP contribution in [0.1, 0.15) is 34.1 Å². The Labute approximate surface area is 75.1 Å². The summed E-state index contributed by atoms with van der Waals surface area (Å²) in [5, 5.41) is 0. The van der Waals surface area contributed by atoms with Crippen LogP contribution in [0.25, 0.3) is 0 Å². The van der Waals surface area contributed by atoms with Crippen LogP contribution in [0.2, 0.25) is 0 Å². The lowest BCUT2D eigenvalue weighted by atomic mass is 9.74. The van der Waals surface area contributed by atoms with Crippen molar-refractivity contribution < 1.29 is 0 Å². The molecule has 0 nitrogen and oxygen atoms in total. The third-order valence-electron chi connectivity index (χ3n) is 2.84. The first-order chi connectivity index (χ1) is 5.05. The summed E-state index contributed by atoms with van der Waals surface area (Å²) in [5.74, 6) is 4.73. The Morgan fingerprint density at radius 1 is 1.27 bits per heavy atom. The fraction of sp³-hybridized carbons (Fsp3) is 1.00. The first-order valence-corrected chi connectivity index (χ1v) is 5.79. The minimum atomic E-state index is 0.532. The van der Waals surface area contributed by atoms with Crippen LogP contribution in [0.4, 0.5) is 0 Å². The molecular weight excluding hydrogens is 152 g/mol. The van der Waals surface area contributed by atoms with E-state index in [1.807, 2.05) is 0 Å². The topological polar surface area (TPSA) is 0 Å². The van der Waals surface area contributed by atoms with Crippen molar-refractivity contribution in [1.29, 1.82) is 0 Å². The van der Waals surface area contributed by atoms with Crippen LogP contribution in [-0.2, 0) is 0 Å². The SMILES string of the molecule is CC[C@@H]1CSCC1C(C)(C)C. The molecule has 0 aromatic carbocycles. The summed E-state index contributed by atoms with van der Waals surface area (Å²) in [6.45, 7) is 9.47. The molecule has 0 spiro atoms. The Hall–Kier alpha value is 0.350. The van der Waals surface area contributed by atoms with E-state index in [-0.39, 0.29) is 0 Å². The van der Waals surface area contributed by atoms with Crippen LogP contribution in [-0.4, -0.2) is 11.5 Å². The van der Waals surface area contributed by atoms with Crippen molar-refractivity contribution in [2.75, 3.05) is 11.5 Å². The normalized spacial score (nSPS) is 32.7. The summed E-state index contributed by atoms with van der Waals surface area (Å²) < 4.78 is 0. The van der Waals surface area contributed by atoms with Gasteiger partial charge in [0.1, 0.15) is 0 Å². The number of thioether (sulfide) groups is 1. The molecular formula is C10H20S. The summed E-state index contributed by atoms with van der Waals surface area (Å²) in [6.07, 6.45) is 1.37. The molecule has 0 saturated carbocycles. The van der Waals surface area contributed by atoms with E-state index in [4.69, 9.17) is 0 Å². The monoisotopic (exact) mass is 172 g/mol. The molecule has 66 valence electrons. The van der Waals surface area contributed by atoms with E-state index in [0.29, 0.717) is 5.41 Å². The molecule has 1 aliphatic heterocycles. The Morgan fingerprint density at radius 3 is 2.27 bits per heavy atom. The quantitative estimate of drug-likeness (QED) is 0.584. The molecule has 1 saturated heterocycles. The van der Waals surface area contributed by atoms with E-state index in [9.17, 15) is 0 Å². The van der Waals surface area contributed by atoms with Crippen molar-refractivity contribution in [2.24, 2.45) is 17.3 Å². The summed E-state index contributed by atoms with van der Waals surface area (Å²) in [5.41, 5.74) is 0.532. The van der Waals surface area contributed by atoms with Crippen LogP contribution in [0, 0.1) is 17.3 Å². The van der Waals surface area contributed by atoms with Crippen LogP contribution < -0.4 is 0 Å². The predicted octanol–water partition coefficient (Wildman–Crippen LogP) is 3.42.